The van der Waals surface area contributed by atoms with E-state index in [1.165, 1.54) is 67.3 Å². The molecule has 1 N–H and O–H groups in total. The first-order valence-electron chi connectivity index (χ1n) is 10.5. The fourth-order valence-corrected chi connectivity index (χ4v) is 5.48. The van der Waals surface area contributed by atoms with Gasteiger partial charge in [-0.1, -0.05) is 55.7 Å². The molecule has 3 aliphatic rings. The van der Waals surface area contributed by atoms with Crippen LogP contribution in [0.2, 0.25) is 0 Å². The fourth-order valence-electron chi connectivity index (χ4n) is 5.48. The highest BCUT2D eigenvalue weighted by Crippen LogP contribution is 2.48. The summed E-state index contributed by atoms with van der Waals surface area (Å²) in [6, 6.07) is 18.2. The van der Waals surface area contributed by atoms with Gasteiger partial charge in [-0.05, 0) is 54.9 Å². The molecule has 1 aliphatic carbocycles. The Balaban J connectivity index is 0.00000180. The Morgan fingerprint density at radius 1 is 0.815 bits per heavy atom. The largest absolute Gasteiger partial charge is 0.381 e. The molecule has 3 atom stereocenters. The molecule has 0 amide bonds. The second kappa shape index (κ2) is 8.24. The highest BCUT2D eigenvalue weighted by molar-refractivity contribution is 5.85. The minimum Gasteiger partial charge on any atom is -0.381 e. The highest BCUT2D eigenvalue weighted by atomic mass is 35.5. The van der Waals surface area contributed by atoms with Crippen molar-refractivity contribution in [3.63, 3.8) is 0 Å². The Hall–Kier alpha value is -1.51. The summed E-state index contributed by atoms with van der Waals surface area (Å²) in [6.45, 7) is 0.910. The van der Waals surface area contributed by atoms with Crippen molar-refractivity contribution in [2.75, 3.05) is 11.9 Å². The zero-order chi connectivity index (χ0) is 17.3. The molecule has 0 bridgehead atoms. The second-order valence-corrected chi connectivity index (χ2v) is 8.33. The van der Waals surface area contributed by atoms with E-state index in [0.29, 0.717) is 12.0 Å². The normalized spacial score (nSPS) is 27.6. The topological polar surface area (TPSA) is 21.3 Å². The van der Waals surface area contributed by atoms with Gasteiger partial charge in [-0.15, -0.1) is 12.4 Å². The SMILES string of the molecule is Cl.c1ccc(-c2ccc3c(c2)[C@H]2OCCC[C@H]2[C@@H](C2CCCCC2)N3)cc1. The third kappa shape index (κ3) is 3.62. The zero-order valence-corrected chi connectivity index (χ0v) is 16.7. The van der Waals surface area contributed by atoms with Crippen LogP contribution >= 0.6 is 12.4 Å². The van der Waals surface area contributed by atoms with Crippen LogP contribution in [0, 0.1) is 11.8 Å². The van der Waals surface area contributed by atoms with Crippen molar-refractivity contribution in [1.82, 2.24) is 0 Å². The average molecular weight is 384 g/mol. The number of ether oxygens (including phenoxy) is 1. The van der Waals surface area contributed by atoms with E-state index in [4.69, 9.17) is 4.74 Å². The summed E-state index contributed by atoms with van der Waals surface area (Å²) in [5.74, 6) is 1.45. The van der Waals surface area contributed by atoms with Gasteiger partial charge in [0.1, 0.15) is 0 Å². The lowest BCUT2D eigenvalue weighted by atomic mass is 9.71. The predicted molar refractivity (Wildman–Crippen MR) is 115 cm³/mol. The molecule has 2 heterocycles. The summed E-state index contributed by atoms with van der Waals surface area (Å²) in [4.78, 5) is 0. The Morgan fingerprint density at radius 2 is 1.63 bits per heavy atom. The molecule has 0 unspecified atom stereocenters. The number of hydrogen-bond acceptors (Lipinski definition) is 2. The third-order valence-corrected chi connectivity index (χ3v) is 6.77. The molecular formula is C24H30ClNO. The van der Waals surface area contributed by atoms with E-state index in [1.54, 1.807) is 0 Å². The lowest BCUT2D eigenvalue weighted by molar-refractivity contribution is -0.0457. The first-order valence-corrected chi connectivity index (χ1v) is 10.5. The van der Waals surface area contributed by atoms with Gasteiger partial charge in [-0.2, -0.15) is 0 Å². The molecule has 1 saturated carbocycles. The van der Waals surface area contributed by atoms with E-state index in [-0.39, 0.29) is 18.5 Å². The number of nitrogens with one attached hydrogen (secondary N) is 1. The fraction of sp³-hybridized carbons (Fsp3) is 0.500. The predicted octanol–water partition coefficient (Wildman–Crippen LogP) is 6.62. The number of halogens is 1. The summed E-state index contributed by atoms with van der Waals surface area (Å²) in [7, 11) is 0. The molecule has 0 spiro atoms. The van der Waals surface area contributed by atoms with Crippen molar-refractivity contribution in [3.05, 3.63) is 54.1 Å². The summed E-state index contributed by atoms with van der Waals surface area (Å²) < 4.78 is 6.38. The Morgan fingerprint density at radius 3 is 2.44 bits per heavy atom. The van der Waals surface area contributed by atoms with Crippen LogP contribution in [-0.4, -0.2) is 12.6 Å². The molecule has 2 aromatic rings. The zero-order valence-electron chi connectivity index (χ0n) is 15.9. The number of anilines is 1. The maximum Gasteiger partial charge on any atom is 0.0892 e. The second-order valence-electron chi connectivity index (χ2n) is 8.33. The van der Waals surface area contributed by atoms with Crippen molar-refractivity contribution in [2.45, 2.75) is 57.1 Å². The third-order valence-electron chi connectivity index (χ3n) is 6.77. The number of rotatable bonds is 2. The lowest BCUT2D eigenvalue weighted by Crippen LogP contribution is -2.46. The van der Waals surface area contributed by atoms with Crippen LogP contribution in [0.25, 0.3) is 11.1 Å². The van der Waals surface area contributed by atoms with Crippen molar-refractivity contribution in [3.8, 4) is 11.1 Å². The first-order chi connectivity index (χ1) is 12.9. The Labute approximate surface area is 169 Å². The molecule has 27 heavy (non-hydrogen) atoms. The molecule has 1 saturated heterocycles. The molecule has 144 valence electrons. The van der Waals surface area contributed by atoms with Crippen molar-refractivity contribution in [1.29, 1.82) is 0 Å². The van der Waals surface area contributed by atoms with Gasteiger partial charge in [-0.3, -0.25) is 0 Å². The number of hydrogen-bond donors (Lipinski definition) is 1. The molecule has 2 fully saturated rings. The van der Waals surface area contributed by atoms with E-state index in [2.05, 4.69) is 53.8 Å². The molecule has 0 radical (unpaired) electrons. The van der Waals surface area contributed by atoms with E-state index in [9.17, 15) is 0 Å². The van der Waals surface area contributed by atoms with Crippen LogP contribution in [0.15, 0.2) is 48.5 Å². The van der Waals surface area contributed by atoms with Crippen LogP contribution in [0.5, 0.6) is 0 Å². The summed E-state index contributed by atoms with van der Waals surface area (Å²) >= 11 is 0. The maximum atomic E-state index is 6.38. The summed E-state index contributed by atoms with van der Waals surface area (Å²) in [6.07, 6.45) is 9.78. The first kappa shape index (κ1) is 18.8. The average Bonchev–Trinajstić information content (AvgIpc) is 2.74. The van der Waals surface area contributed by atoms with Crippen molar-refractivity contribution < 1.29 is 4.74 Å². The Kier molecular flexibility index (Phi) is 5.75. The molecule has 2 aromatic carbocycles. The van der Waals surface area contributed by atoms with E-state index in [0.717, 1.165) is 12.5 Å². The molecule has 3 heteroatoms. The molecule has 2 aliphatic heterocycles. The van der Waals surface area contributed by atoms with Gasteiger partial charge in [-0.25, -0.2) is 0 Å². The van der Waals surface area contributed by atoms with Gasteiger partial charge < -0.3 is 10.1 Å². The monoisotopic (exact) mass is 383 g/mol. The van der Waals surface area contributed by atoms with E-state index in [1.807, 2.05) is 0 Å². The molecule has 5 rings (SSSR count). The molecule has 2 nitrogen and oxygen atoms in total. The molecule has 0 aromatic heterocycles. The van der Waals surface area contributed by atoms with Crippen molar-refractivity contribution >= 4 is 18.1 Å². The van der Waals surface area contributed by atoms with E-state index < -0.39 is 0 Å². The molecular weight excluding hydrogens is 354 g/mol. The van der Waals surface area contributed by atoms with Gasteiger partial charge in [0.25, 0.3) is 0 Å². The van der Waals surface area contributed by atoms with Crippen LogP contribution in [-0.2, 0) is 4.74 Å². The number of fused-ring (bicyclic) bond motifs is 3. The van der Waals surface area contributed by atoms with Gasteiger partial charge in [0.05, 0.1) is 6.10 Å². The quantitative estimate of drug-likeness (QED) is 0.629. The van der Waals surface area contributed by atoms with Crippen LogP contribution < -0.4 is 5.32 Å². The lowest BCUT2D eigenvalue weighted by Gasteiger charge is -2.47. The van der Waals surface area contributed by atoms with Crippen molar-refractivity contribution in [2.24, 2.45) is 11.8 Å². The highest BCUT2D eigenvalue weighted by Gasteiger charge is 2.42. The van der Waals surface area contributed by atoms with Gasteiger partial charge in [0.2, 0.25) is 0 Å². The maximum absolute atomic E-state index is 6.38. The minimum atomic E-state index is 0. The standard InChI is InChI=1S/C24H29NO.ClH/c1-3-8-17(9-4-1)19-13-14-22-21(16-19)24-20(12-7-15-26-24)23(25-22)18-10-5-2-6-11-18;/h1,3-4,8-9,13-14,16,18,20,23-25H,2,5-7,10-12,15H2;1H/t20-,23+,24-;/m0./s1. The van der Waals surface area contributed by atoms with Crippen LogP contribution in [0.1, 0.15) is 56.6 Å². The van der Waals surface area contributed by atoms with Gasteiger partial charge in [0.15, 0.2) is 0 Å². The Bertz CT molecular complexity index is 756. The van der Waals surface area contributed by atoms with E-state index >= 15 is 0 Å². The minimum absolute atomic E-state index is 0. The van der Waals surface area contributed by atoms with Crippen LogP contribution in [0.4, 0.5) is 5.69 Å². The summed E-state index contributed by atoms with van der Waals surface area (Å²) in [5.41, 5.74) is 5.28. The van der Waals surface area contributed by atoms with Gasteiger partial charge >= 0.3 is 0 Å². The van der Waals surface area contributed by atoms with Gasteiger partial charge in [0, 0.05) is 29.8 Å². The number of benzene rings is 2. The smallest absolute Gasteiger partial charge is 0.0892 e. The van der Waals surface area contributed by atoms with Crippen LogP contribution in [0.3, 0.4) is 0 Å². The summed E-state index contributed by atoms with van der Waals surface area (Å²) in [5, 5.41) is 3.96.